The number of benzene rings is 1. The second-order valence-corrected chi connectivity index (χ2v) is 7.28. The molecule has 1 aromatic heterocycles. The number of ether oxygens (including phenoxy) is 1. The van der Waals surface area contributed by atoms with Crippen LogP contribution in [0.3, 0.4) is 0 Å². The predicted molar refractivity (Wildman–Crippen MR) is 112 cm³/mol. The van der Waals surface area contributed by atoms with Crippen LogP contribution in [0, 0.1) is 11.8 Å². The lowest BCUT2D eigenvalue weighted by Gasteiger charge is -2.21. The van der Waals surface area contributed by atoms with Crippen molar-refractivity contribution in [3.8, 4) is 5.75 Å². The van der Waals surface area contributed by atoms with Crippen molar-refractivity contribution in [3.05, 3.63) is 35.5 Å². The summed E-state index contributed by atoms with van der Waals surface area (Å²) >= 11 is 6.20. The van der Waals surface area contributed by atoms with E-state index in [1.165, 1.54) is 0 Å². The van der Waals surface area contributed by atoms with Crippen molar-refractivity contribution < 1.29 is 9.53 Å². The summed E-state index contributed by atoms with van der Waals surface area (Å²) in [4.78, 5) is 18.9. The number of halogens is 3. The third kappa shape index (κ3) is 4.77. The van der Waals surface area contributed by atoms with Gasteiger partial charge in [0, 0.05) is 24.7 Å². The lowest BCUT2D eigenvalue weighted by atomic mass is 9.92. The highest BCUT2D eigenvalue weighted by Gasteiger charge is 2.31. The molecule has 2 aliphatic rings. The first kappa shape index (κ1) is 22.0. The van der Waals surface area contributed by atoms with Gasteiger partial charge in [-0.25, -0.2) is 0 Å². The van der Waals surface area contributed by atoms with Crippen molar-refractivity contribution in [2.24, 2.45) is 11.8 Å². The maximum absolute atomic E-state index is 12.6. The van der Waals surface area contributed by atoms with Gasteiger partial charge in [0.2, 0.25) is 0 Å². The summed E-state index contributed by atoms with van der Waals surface area (Å²) in [6.07, 6.45) is 3.86. The molecule has 0 spiro atoms. The lowest BCUT2D eigenvalue weighted by molar-refractivity contribution is -0.133. The van der Waals surface area contributed by atoms with Gasteiger partial charge in [0.25, 0.3) is 5.91 Å². The number of amides is 1. The van der Waals surface area contributed by atoms with Gasteiger partial charge < -0.3 is 15.0 Å². The van der Waals surface area contributed by atoms with E-state index in [4.69, 9.17) is 16.3 Å². The van der Waals surface area contributed by atoms with Crippen molar-refractivity contribution in [3.63, 3.8) is 0 Å². The number of nitrogens with one attached hydrogen (secondary N) is 1. The maximum atomic E-state index is 12.6. The zero-order valence-electron chi connectivity index (χ0n) is 14.9. The number of carbonyl (C=O) groups is 1. The number of likely N-dealkylation sites (tertiary alicyclic amines) is 1. The average molecular weight is 433 g/mol. The zero-order valence-corrected chi connectivity index (χ0v) is 17.3. The largest absolute Gasteiger partial charge is 0.481 e. The standard InChI is InChI=1S/C19H22ClN3O2.2ClH/c20-16-3-4-17(19-15(16)2-1-7-22-19)25-12-18(24)23-8-5-13-10-21-11-14(13)6-9-23;;/h1-4,7,13-14,21H,5-6,8-12H2;2*1H/t13-,14+;;. The molecule has 1 aromatic carbocycles. The molecule has 8 heteroatoms. The predicted octanol–water partition coefficient (Wildman–Crippen LogP) is 3.57. The zero-order chi connectivity index (χ0) is 17.2. The van der Waals surface area contributed by atoms with Gasteiger partial charge in [0.05, 0.1) is 5.02 Å². The SMILES string of the molecule is Cl.Cl.O=C(COc1ccc(Cl)c2cccnc12)N1CC[C@@H]2CNC[C@@H]2CC1. The Hall–Kier alpha value is -1.27. The molecule has 148 valence electrons. The van der Waals surface area contributed by atoms with Crippen molar-refractivity contribution in [1.29, 1.82) is 0 Å². The van der Waals surface area contributed by atoms with Crippen molar-refractivity contribution in [1.82, 2.24) is 15.2 Å². The van der Waals surface area contributed by atoms with E-state index in [2.05, 4.69) is 10.3 Å². The Balaban J connectivity index is 0.00000131. The molecule has 27 heavy (non-hydrogen) atoms. The van der Waals surface area contributed by atoms with Crippen molar-refractivity contribution in [2.75, 3.05) is 32.8 Å². The molecule has 4 rings (SSSR count). The first-order valence-corrected chi connectivity index (χ1v) is 9.24. The Morgan fingerprint density at radius 2 is 1.89 bits per heavy atom. The second kappa shape index (κ2) is 9.78. The Kier molecular flexibility index (Phi) is 7.98. The third-order valence-corrected chi connectivity index (χ3v) is 5.73. The molecule has 2 fully saturated rings. The van der Waals surface area contributed by atoms with E-state index in [0.29, 0.717) is 28.1 Å². The number of carbonyl (C=O) groups excluding carboxylic acids is 1. The fraction of sp³-hybridized carbons (Fsp3) is 0.474. The normalized spacial score (nSPS) is 21.6. The molecule has 2 aromatic rings. The van der Waals surface area contributed by atoms with E-state index in [-0.39, 0.29) is 37.3 Å². The number of rotatable bonds is 3. The Labute approximate surface area is 176 Å². The number of aromatic nitrogens is 1. The van der Waals surface area contributed by atoms with Crippen LogP contribution in [0.15, 0.2) is 30.5 Å². The molecule has 3 heterocycles. The number of hydrogen-bond donors (Lipinski definition) is 1. The minimum atomic E-state index is 0. The van der Waals surface area contributed by atoms with Crippen LogP contribution in [0.1, 0.15) is 12.8 Å². The van der Waals surface area contributed by atoms with Gasteiger partial charge in [-0.1, -0.05) is 11.6 Å². The van der Waals surface area contributed by atoms with Crippen LogP contribution in [-0.4, -0.2) is 48.6 Å². The monoisotopic (exact) mass is 431 g/mol. The van der Waals surface area contributed by atoms with Crippen LogP contribution >= 0.6 is 36.4 Å². The molecule has 0 aliphatic carbocycles. The molecular weight excluding hydrogens is 409 g/mol. The molecule has 0 saturated carbocycles. The fourth-order valence-corrected chi connectivity index (χ4v) is 4.14. The van der Waals surface area contributed by atoms with Crippen LogP contribution in [0.2, 0.25) is 5.02 Å². The molecular formula is C19H24Cl3N3O2. The Bertz CT molecular complexity index is 776. The van der Waals surface area contributed by atoms with E-state index in [0.717, 1.165) is 44.4 Å². The van der Waals surface area contributed by atoms with Crippen LogP contribution in [-0.2, 0) is 4.79 Å². The summed E-state index contributed by atoms with van der Waals surface area (Å²) < 4.78 is 5.80. The number of fused-ring (bicyclic) bond motifs is 2. The molecule has 1 amide bonds. The molecule has 0 bridgehead atoms. The van der Waals surface area contributed by atoms with E-state index in [1.807, 2.05) is 17.0 Å². The Morgan fingerprint density at radius 1 is 1.19 bits per heavy atom. The van der Waals surface area contributed by atoms with Crippen molar-refractivity contribution >= 4 is 53.2 Å². The van der Waals surface area contributed by atoms with Crippen LogP contribution in [0.25, 0.3) is 10.9 Å². The molecule has 2 aliphatic heterocycles. The summed E-state index contributed by atoms with van der Waals surface area (Å²) in [5.74, 6) is 2.07. The number of hydrogen-bond acceptors (Lipinski definition) is 4. The van der Waals surface area contributed by atoms with Gasteiger partial charge in [-0.2, -0.15) is 0 Å². The first-order valence-electron chi connectivity index (χ1n) is 8.87. The number of nitrogens with zero attached hydrogens (tertiary/aromatic N) is 2. The first-order chi connectivity index (χ1) is 12.2. The molecule has 1 N–H and O–H groups in total. The topological polar surface area (TPSA) is 54.5 Å². The smallest absolute Gasteiger partial charge is 0.260 e. The highest BCUT2D eigenvalue weighted by atomic mass is 35.5. The third-order valence-electron chi connectivity index (χ3n) is 5.40. The van der Waals surface area contributed by atoms with E-state index in [9.17, 15) is 4.79 Å². The van der Waals surface area contributed by atoms with Gasteiger partial charge in [0.15, 0.2) is 6.61 Å². The van der Waals surface area contributed by atoms with Gasteiger partial charge in [-0.05, 0) is 62.0 Å². The maximum Gasteiger partial charge on any atom is 0.260 e. The molecule has 0 radical (unpaired) electrons. The van der Waals surface area contributed by atoms with E-state index in [1.54, 1.807) is 18.3 Å². The molecule has 5 nitrogen and oxygen atoms in total. The van der Waals surface area contributed by atoms with E-state index >= 15 is 0 Å². The highest BCUT2D eigenvalue weighted by molar-refractivity contribution is 6.35. The highest BCUT2D eigenvalue weighted by Crippen LogP contribution is 2.30. The summed E-state index contributed by atoms with van der Waals surface area (Å²) in [7, 11) is 0. The number of pyridine rings is 1. The summed E-state index contributed by atoms with van der Waals surface area (Å²) in [6, 6.07) is 7.31. The van der Waals surface area contributed by atoms with Gasteiger partial charge in [0.1, 0.15) is 11.3 Å². The Morgan fingerprint density at radius 3 is 2.59 bits per heavy atom. The van der Waals surface area contributed by atoms with Crippen LogP contribution in [0.4, 0.5) is 0 Å². The van der Waals surface area contributed by atoms with Gasteiger partial charge >= 0.3 is 0 Å². The van der Waals surface area contributed by atoms with Gasteiger partial charge in [-0.3, -0.25) is 9.78 Å². The summed E-state index contributed by atoms with van der Waals surface area (Å²) in [6.45, 7) is 3.87. The summed E-state index contributed by atoms with van der Waals surface area (Å²) in [5, 5.41) is 4.93. The molecule has 0 unspecified atom stereocenters. The second-order valence-electron chi connectivity index (χ2n) is 6.87. The molecule has 2 saturated heterocycles. The van der Waals surface area contributed by atoms with Crippen LogP contribution < -0.4 is 10.1 Å². The lowest BCUT2D eigenvalue weighted by Crippen LogP contribution is -2.36. The van der Waals surface area contributed by atoms with Crippen molar-refractivity contribution in [2.45, 2.75) is 12.8 Å². The summed E-state index contributed by atoms with van der Waals surface area (Å²) in [5.41, 5.74) is 0.694. The van der Waals surface area contributed by atoms with E-state index < -0.39 is 0 Å². The minimum absolute atomic E-state index is 0. The average Bonchev–Trinajstić information content (AvgIpc) is 2.99. The quantitative estimate of drug-likeness (QED) is 0.805. The van der Waals surface area contributed by atoms with Crippen LogP contribution in [0.5, 0.6) is 5.75 Å². The minimum Gasteiger partial charge on any atom is -0.481 e. The molecule has 2 atom stereocenters. The fourth-order valence-electron chi connectivity index (χ4n) is 3.93. The van der Waals surface area contributed by atoms with Gasteiger partial charge in [-0.15, -0.1) is 24.8 Å².